The third-order valence-electron chi connectivity index (χ3n) is 4.45. The summed E-state index contributed by atoms with van der Waals surface area (Å²) in [5.74, 6) is 0.887. The van der Waals surface area contributed by atoms with Gasteiger partial charge < -0.3 is 9.47 Å². The van der Waals surface area contributed by atoms with Crippen LogP contribution in [0.25, 0.3) is 0 Å². The van der Waals surface area contributed by atoms with Crippen molar-refractivity contribution in [3.8, 4) is 5.75 Å². The summed E-state index contributed by atoms with van der Waals surface area (Å²) in [5, 5.41) is 0. The Morgan fingerprint density at radius 2 is 2.17 bits per heavy atom. The van der Waals surface area contributed by atoms with Crippen molar-refractivity contribution >= 4 is 6.09 Å². The number of piperazine rings is 1. The van der Waals surface area contributed by atoms with Gasteiger partial charge in [-0.25, -0.2) is 4.79 Å². The quantitative estimate of drug-likeness (QED) is 0.722. The first-order chi connectivity index (χ1) is 11.7. The fraction of sp³-hybridized carbons (Fsp3) is 0.421. The minimum Gasteiger partial charge on any atom is -0.489 e. The van der Waals surface area contributed by atoms with Crippen molar-refractivity contribution in [3.63, 3.8) is 0 Å². The van der Waals surface area contributed by atoms with Crippen LogP contribution in [0.15, 0.2) is 43.5 Å². The van der Waals surface area contributed by atoms with E-state index in [1.54, 1.807) is 6.08 Å². The summed E-state index contributed by atoms with van der Waals surface area (Å²) in [5.41, 5.74) is 2.39. The lowest BCUT2D eigenvalue weighted by atomic mass is 10.1. The maximum Gasteiger partial charge on any atom is 0.410 e. The predicted molar refractivity (Wildman–Crippen MR) is 93.2 cm³/mol. The van der Waals surface area contributed by atoms with Crippen LogP contribution in [-0.2, 0) is 17.7 Å². The second kappa shape index (κ2) is 7.53. The Labute approximate surface area is 143 Å². The Hall–Kier alpha value is -2.27. The summed E-state index contributed by atoms with van der Waals surface area (Å²) < 4.78 is 10.8. The van der Waals surface area contributed by atoms with Gasteiger partial charge >= 0.3 is 6.09 Å². The number of carbonyl (C=O) groups excluding carboxylic acids is 1. The van der Waals surface area contributed by atoms with E-state index in [1.165, 1.54) is 5.56 Å². The van der Waals surface area contributed by atoms with Gasteiger partial charge in [-0.2, -0.15) is 0 Å². The van der Waals surface area contributed by atoms with Gasteiger partial charge in [-0.1, -0.05) is 30.9 Å². The minimum atomic E-state index is -0.170. The minimum absolute atomic E-state index is 0.170. The molecule has 128 valence electrons. The number of nitrogens with zero attached hydrogens (tertiary/aromatic N) is 2. The Balaban J connectivity index is 1.66. The van der Waals surface area contributed by atoms with E-state index in [0.29, 0.717) is 13.2 Å². The number of rotatable bonds is 7. The lowest BCUT2D eigenvalue weighted by Gasteiger charge is -2.35. The number of carbonyl (C=O) groups is 1. The molecule has 1 amide bonds. The summed E-state index contributed by atoms with van der Waals surface area (Å²) in [6.07, 6.45) is 4.24. The van der Waals surface area contributed by atoms with Crippen LogP contribution in [0.3, 0.4) is 0 Å². The largest absolute Gasteiger partial charge is 0.489 e. The van der Waals surface area contributed by atoms with E-state index in [0.717, 1.165) is 43.9 Å². The second-order valence-electron chi connectivity index (χ2n) is 6.19. The predicted octanol–water partition coefficient (Wildman–Crippen LogP) is 2.62. The van der Waals surface area contributed by atoms with E-state index in [9.17, 15) is 4.79 Å². The maximum absolute atomic E-state index is 11.6. The van der Waals surface area contributed by atoms with Crippen LogP contribution in [0.1, 0.15) is 11.1 Å². The number of amides is 1. The first-order valence-electron chi connectivity index (χ1n) is 8.33. The molecule has 0 bridgehead atoms. The Kier molecular flexibility index (Phi) is 5.20. The summed E-state index contributed by atoms with van der Waals surface area (Å²) in [4.78, 5) is 15.8. The molecule has 0 saturated carbocycles. The molecule has 1 aromatic rings. The van der Waals surface area contributed by atoms with Crippen molar-refractivity contribution in [2.45, 2.75) is 19.0 Å². The third kappa shape index (κ3) is 3.62. The van der Waals surface area contributed by atoms with Crippen LogP contribution in [0.2, 0.25) is 0 Å². The fourth-order valence-electron chi connectivity index (χ4n) is 3.29. The fourth-order valence-corrected chi connectivity index (χ4v) is 3.29. The zero-order valence-corrected chi connectivity index (χ0v) is 13.9. The molecule has 0 aliphatic carbocycles. The number of hydrogen-bond acceptors (Lipinski definition) is 4. The van der Waals surface area contributed by atoms with Crippen molar-refractivity contribution in [2.75, 3.05) is 32.8 Å². The number of hydrogen-bond donors (Lipinski definition) is 0. The summed E-state index contributed by atoms with van der Waals surface area (Å²) in [6.45, 7) is 11.9. The van der Waals surface area contributed by atoms with Crippen LogP contribution < -0.4 is 4.74 Å². The zero-order valence-electron chi connectivity index (χ0n) is 13.9. The first kappa shape index (κ1) is 16.6. The Morgan fingerprint density at radius 1 is 1.29 bits per heavy atom. The molecule has 24 heavy (non-hydrogen) atoms. The standard InChI is InChI=1S/C19H24N2O3/c1-3-5-16-11-15(6-7-18(16)23-10-4-2)12-20-8-9-21-17(13-20)14-24-19(21)22/h3-4,6-7,11,17H,1-2,5,8-10,12-14H2. The molecule has 0 aromatic heterocycles. The molecule has 1 unspecified atom stereocenters. The van der Waals surface area contributed by atoms with Gasteiger partial charge in [0.15, 0.2) is 0 Å². The van der Waals surface area contributed by atoms with Crippen molar-refractivity contribution in [1.29, 1.82) is 0 Å². The molecule has 0 spiro atoms. The number of ether oxygens (including phenoxy) is 2. The monoisotopic (exact) mass is 328 g/mol. The van der Waals surface area contributed by atoms with Crippen LogP contribution in [0.5, 0.6) is 5.75 Å². The van der Waals surface area contributed by atoms with E-state index in [-0.39, 0.29) is 12.1 Å². The van der Waals surface area contributed by atoms with Crippen molar-refractivity contribution in [1.82, 2.24) is 9.80 Å². The molecule has 2 aliphatic rings. The third-order valence-corrected chi connectivity index (χ3v) is 4.45. The molecule has 1 atom stereocenters. The van der Waals surface area contributed by atoms with Crippen LogP contribution in [-0.4, -0.2) is 54.8 Å². The van der Waals surface area contributed by atoms with Gasteiger partial charge in [0, 0.05) is 26.2 Å². The number of benzene rings is 1. The molecule has 0 radical (unpaired) electrons. The topological polar surface area (TPSA) is 42.0 Å². The van der Waals surface area contributed by atoms with E-state index in [1.807, 2.05) is 17.0 Å². The molecule has 0 N–H and O–H groups in total. The highest BCUT2D eigenvalue weighted by Gasteiger charge is 2.37. The summed E-state index contributed by atoms with van der Waals surface area (Å²) >= 11 is 0. The average Bonchev–Trinajstić information content (AvgIpc) is 2.95. The van der Waals surface area contributed by atoms with Crippen molar-refractivity contribution < 1.29 is 14.3 Å². The van der Waals surface area contributed by atoms with Gasteiger partial charge in [-0.05, 0) is 23.6 Å². The molecule has 2 heterocycles. The van der Waals surface area contributed by atoms with Gasteiger partial charge in [0.2, 0.25) is 0 Å². The molecule has 2 aliphatic heterocycles. The molecular formula is C19H24N2O3. The molecule has 3 rings (SSSR count). The number of cyclic esters (lactones) is 1. The highest BCUT2D eigenvalue weighted by Crippen LogP contribution is 2.24. The van der Waals surface area contributed by atoms with Crippen LogP contribution in [0.4, 0.5) is 4.79 Å². The SMILES string of the molecule is C=CCOc1ccc(CN2CCN3C(=O)OCC3C2)cc1CC=C. The lowest BCUT2D eigenvalue weighted by molar-refractivity contribution is 0.115. The van der Waals surface area contributed by atoms with Gasteiger partial charge in [0.1, 0.15) is 19.0 Å². The molecule has 2 fully saturated rings. The lowest BCUT2D eigenvalue weighted by Crippen LogP contribution is -2.51. The molecule has 5 heteroatoms. The van der Waals surface area contributed by atoms with Gasteiger partial charge in [0.25, 0.3) is 0 Å². The summed E-state index contributed by atoms with van der Waals surface area (Å²) in [6, 6.07) is 6.50. The van der Waals surface area contributed by atoms with E-state index < -0.39 is 0 Å². The van der Waals surface area contributed by atoms with Crippen LogP contribution >= 0.6 is 0 Å². The van der Waals surface area contributed by atoms with Gasteiger partial charge in [-0.15, -0.1) is 6.58 Å². The number of allylic oxidation sites excluding steroid dienone is 1. The van der Waals surface area contributed by atoms with E-state index >= 15 is 0 Å². The molecule has 1 aromatic carbocycles. The normalized spacial score (nSPS) is 20.4. The highest BCUT2D eigenvalue weighted by molar-refractivity contribution is 5.70. The molecule has 2 saturated heterocycles. The molecule has 5 nitrogen and oxygen atoms in total. The average molecular weight is 328 g/mol. The smallest absolute Gasteiger partial charge is 0.410 e. The first-order valence-corrected chi connectivity index (χ1v) is 8.33. The summed E-state index contributed by atoms with van der Waals surface area (Å²) in [7, 11) is 0. The number of fused-ring (bicyclic) bond motifs is 1. The van der Waals surface area contributed by atoms with Gasteiger partial charge in [-0.3, -0.25) is 9.80 Å². The van der Waals surface area contributed by atoms with Gasteiger partial charge in [0.05, 0.1) is 6.04 Å². The van der Waals surface area contributed by atoms with Crippen LogP contribution in [0, 0.1) is 0 Å². The van der Waals surface area contributed by atoms with E-state index in [4.69, 9.17) is 9.47 Å². The molecular weight excluding hydrogens is 304 g/mol. The van der Waals surface area contributed by atoms with Crippen molar-refractivity contribution in [2.24, 2.45) is 0 Å². The zero-order chi connectivity index (χ0) is 16.9. The van der Waals surface area contributed by atoms with Crippen molar-refractivity contribution in [3.05, 3.63) is 54.6 Å². The van der Waals surface area contributed by atoms with E-state index in [2.05, 4.69) is 30.2 Å². The Morgan fingerprint density at radius 3 is 2.96 bits per heavy atom. The Bertz CT molecular complexity index is 629. The maximum atomic E-state index is 11.6. The highest BCUT2D eigenvalue weighted by atomic mass is 16.6. The second-order valence-corrected chi connectivity index (χ2v) is 6.19.